The minimum atomic E-state index is 0.358. The lowest BCUT2D eigenvalue weighted by Crippen LogP contribution is -2.06. The van der Waals surface area contributed by atoms with Gasteiger partial charge < -0.3 is 5.32 Å². The van der Waals surface area contributed by atoms with Crippen LogP contribution < -0.4 is 5.32 Å². The van der Waals surface area contributed by atoms with E-state index in [9.17, 15) is 0 Å². The number of halogens is 1. The Balaban J connectivity index is 1.84. The molecule has 1 nitrogen and oxygen atoms in total. The molecule has 1 heterocycles. The zero-order chi connectivity index (χ0) is 12.5. The summed E-state index contributed by atoms with van der Waals surface area (Å²) >= 11 is 7.75. The van der Waals surface area contributed by atoms with Gasteiger partial charge in [0.1, 0.15) is 0 Å². The minimum Gasteiger partial charge on any atom is -0.378 e. The number of hydrogen-bond donors (Lipinski definition) is 1. The van der Waals surface area contributed by atoms with Crippen molar-refractivity contribution in [2.24, 2.45) is 0 Å². The van der Waals surface area contributed by atoms with Gasteiger partial charge in [-0.25, -0.2) is 0 Å². The molecule has 1 aromatic carbocycles. The van der Waals surface area contributed by atoms with Crippen LogP contribution in [-0.2, 0) is 6.42 Å². The standard InChI is InChI=1S/C15H12ClNS/c1-2-10-4-3-5-11(8-10)17-13-6-7-14-12(13)9-15(16)18-14/h1,3-5,8-9,13,17H,6-7H2. The second kappa shape index (κ2) is 4.68. The number of fused-ring (bicyclic) bond motifs is 1. The average Bonchev–Trinajstić information content (AvgIpc) is 2.90. The first-order valence-electron chi connectivity index (χ1n) is 5.87. The molecule has 1 N–H and O–H groups in total. The normalized spacial score (nSPS) is 17.2. The van der Waals surface area contributed by atoms with Crippen LogP contribution in [0.15, 0.2) is 30.3 Å². The molecule has 0 saturated carbocycles. The highest BCUT2D eigenvalue weighted by Crippen LogP contribution is 2.40. The largest absolute Gasteiger partial charge is 0.378 e. The summed E-state index contributed by atoms with van der Waals surface area (Å²) in [4.78, 5) is 1.41. The first-order chi connectivity index (χ1) is 8.76. The summed E-state index contributed by atoms with van der Waals surface area (Å²) < 4.78 is 0.879. The quantitative estimate of drug-likeness (QED) is 0.796. The molecule has 1 aromatic heterocycles. The van der Waals surface area contributed by atoms with Gasteiger partial charge in [0, 0.05) is 16.1 Å². The monoisotopic (exact) mass is 273 g/mol. The number of rotatable bonds is 2. The maximum Gasteiger partial charge on any atom is 0.0934 e. The van der Waals surface area contributed by atoms with Crippen LogP contribution in [-0.4, -0.2) is 0 Å². The summed E-state index contributed by atoms with van der Waals surface area (Å²) in [5.74, 6) is 2.66. The van der Waals surface area contributed by atoms with Crippen molar-refractivity contribution in [2.45, 2.75) is 18.9 Å². The third kappa shape index (κ3) is 2.12. The molecular formula is C15H12ClNS. The molecular weight excluding hydrogens is 262 g/mol. The Morgan fingerprint density at radius 1 is 1.39 bits per heavy atom. The Hall–Kier alpha value is -1.43. The zero-order valence-electron chi connectivity index (χ0n) is 9.74. The van der Waals surface area contributed by atoms with Crippen LogP contribution >= 0.6 is 22.9 Å². The zero-order valence-corrected chi connectivity index (χ0v) is 11.3. The molecule has 0 saturated heterocycles. The summed E-state index contributed by atoms with van der Waals surface area (Å²) in [7, 11) is 0. The Morgan fingerprint density at radius 2 is 2.28 bits per heavy atom. The molecule has 2 aromatic rings. The summed E-state index contributed by atoms with van der Waals surface area (Å²) in [6.45, 7) is 0. The molecule has 1 unspecified atom stereocenters. The summed E-state index contributed by atoms with van der Waals surface area (Å²) in [5, 5.41) is 3.54. The van der Waals surface area contributed by atoms with E-state index in [-0.39, 0.29) is 0 Å². The second-order valence-corrected chi connectivity index (χ2v) is 6.16. The molecule has 1 aliphatic rings. The van der Waals surface area contributed by atoms with E-state index in [1.165, 1.54) is 10.4 Å². The van der Waals surface area contributed by atoms with E-state index >= 15 is 0 Å². The number of nitrogens with one attached hydrogen (secondary N) is 1. The van der Waals surface area contributed by atoms with Crippen LogP contribution in [0.4, 0.5) is 5.69 Å². The van der Waals surface area contributed by atoms with Crippen molar-refractivity contribution in [3.05, 3.63) is 50.7 Å². The number of aryl methyl sites for hydroxylation is 1. The topological polar surface area (TPSA) is 12.0 Å². The van der Waals surface area contributed by atoms with E-state index in [1.807, 2.05) is 24.3 Å². The lowest BCUT2D eigenvalue weighted by Gasteiger charge is -2.14. The maximum atomic E-state index is 6.06. The fraction of sp³-hybridized carbons (Fsp3) is 0.200. The van der Waals surface area contributed by atoms with Gasteiger partial charge in [-0.1, -0.05) is 23.6 Å². The predicted molar refractivity (Wildman–Crippen MR) is 78.4 cm³/mol. The number of benzene rings is 1. The first-order valence-corrected chi connectivity index (χ1v) is 7.07. The van der Waals surface area contributed by atoms with E-state index in [0.717, 1.165) is 28.4 Å². The SMILES string of the molecule is C#Cc1cccc(NC2CCc3sc(Cl)cc32)c1. The minimum absolute atomic E-state index is 0.358. The summed E-state index contributed by atoms with van der Waals surface area (Å²) in [6, 6.07) is 10.4. The molecule has 3 heteroatoms. The molecule has 0 amide bonds. The number of anilines is 1. The molecule has 0 aliphatic heterocycles. The highest BCUT2D eigenvalue weighted by molar-refractivity contribution is 7.16. The molecule has 0 bridgehead atoms. The molecule has 1 atom stereocenters. The summed E-state index contributed by atoms with van der Waals surface area (Å²) in [5.41, 5.74) is 3.32. The van der Waals surface area contributed by atoms with Gasteiger partial charge in [0.15, 0.2) is 0 Å². The van der Waals surface area contributed by atoms with Crippen molar-refractivity contribution in [1.29, 1.82) is 0 Å². The fourth-order valence-corrected chi connectivity index (χ4v) is 3.74. The molecule has 18 heavy (non-hydrogen) atoms. The molecule has 3 rings (SSSR count). The Morgan fingerprint density at radius 3 is 3.11 bits per heavy atom. The van der Waals surface area contributed by atoms with Crippen LogP contribution in [0.3, 0.4) is 0 Å². The number of hydrogen-bond acceptors (Lipinski definition) is 2. The van der Waals surface area contributed by atoms with Crippen LogP contribution in [0, 0.1) is 12.3 Å². The third-order valence-electron chi connectivity index (χ3n) is 3.22. The van der Waals surface area contributed by atoms with Gasteiger partial charge in [-0.3, -0.25) is 0 Å². The Kier molecular flexibility index (Phi) is 3.03. The van der Waals surface area contributed by atoms with Gasteiger partial charge in [-0.2, -0.15) is 0 Å². The highest BCUT2D eigenvalue weighted by atomic mass is 35.5. The van der Waals surface area contributed by atoms with Crippen molar-refractivity contribution >= 4 is 28.6 Å². The van der Waals surface area contributed by atoms with Crippen molar-refractivity contribution in [2.75, 3.05) is 5.32 Å². The predicted octanol–water partition coefficient (Wildman–Crippen LogP) is 4.48. The van der Waals surface area contributed by atoms with Gasteiger partial charge in [0.25, 0.3) is 0 Å². The fourth-order valence-electron chi connectivity index (χ4n) is 2.38. The van der Waals surface area contributed by atoms with Gasteiger partial charge in [0.2, 0.25) is 0 Å². The van der Waals surface area contributed by atoms with E-state index in [0.29, 0.717) is 6.04 Å². The van der Waals surface area contributed by atoms with Crippen molar-refractivity contribution in [1.82, 2.24) is 0 Å². The van der Waals surface area contributed by atoms with E-state index in [2.05, 4.69) is 17.3 Å². The number of terminal acetylenes is 1. The van der Waals surface area contributed by atoms with E-state index in [4.69, 9.17) is 18.0 Å². The Bertz CT molecular complexity index is 624. The van der Waals surface area contributed by atoms with Gasteiger partial charge >= 0.3 is 0 Å². The van der Waals surface area contributed by atoms with E-state index in [1.54, 1.807) is 11.3 Å². The smallest absolute Gasteiger partial charge is 0.0934 e. The third-order valence-corrected chi connectivity index (χ3v) is 4.56. The van der Waals surface area contributed by atoms with Crippen molar-refractivity contribution < 1.29 is 0 Å². The highest BCUT2D eigenvalue weighted by Gasteiger charge is 2.24. The van der Waals surface area contributed by atoms with Crippen LogP contribution in [0.2, 0.25) is 4.34 Å². The molecule has 0 radical (unpaired) electrons. The lowest BCUT2D eigenvalue weighted by atomic mass is 10.1. The van der Waals surface area contributed by atoms with Crippen molar-refractivity contribution in [3.8, 4) is 12.3 Å². The maximum absolute atomic E-state index is 6.06. The Labute approximate surface area is 116 Å². The first kappa shape index (κ1) is 11.6. The van der Waals surface area contributed by atoms with Crippen LogP contribution in [0.1, 0.15) is 28.5 Å². The molecule has 1 aliphatic carbocycles. The molecule has 0 spiro atoms. The second-order valence-electron chi connectivity index (χ2n) is 4.39. The van der Waals surface area contributed by atoms with Gasteiger partial charge in [0.05, 0.1) is 10.4 Å². The summed E-state index contributed by atoms with van der Waals surface area (Å²) in [6.07, 6.45) is 7.65. The van der Waals surface area contributed by atoms with Gasteiger partial charge in [-0.05, 0) is 42.7 Å². The van der Waals surface area contributed by atoms with Crippen LogP contribution in [0.25, 0.3) is 0 Å². The van der Waals surface area contributed by atoms with Crippen LogP contribution in [0.5, 0.6) is 0 Å². The van der Waals surface area contributed by atoms with Crippen molar-refractivity contribution in [3.63, 3.8) is 0 Å². The number of thiophene rings is 1. The molecule has 0 fully saturated rings. The molecule has 90 valence electrons. The van der Waals surface area contributed by atoms with E-state index < -0.39 is 0 Å². The van der Waals surface area contributed by atoms with Gasteiger partial charge in [-0.15, -0.1) is 17.8 Å². The lowest BCUT2D eigenvalue weighted by molar-refractivity contribution is 0.762. The average molecular weight is 274 g/mol.